The van der Waals surface area contributed by atoms with E-state index >= 15 is 0 Å². The minimum atomic E-state index is -1.17. The van der Waals surface area contributed by atoms with Gasteiger partial charge < -0.3 is 20.3 Å². The lowest BCUT2D eigenvalue weighted by Gasteiger charge is -2.09. The van der Waals surface area contributed by atoms with E-state index in [0.717, 1.165) is 0 Å². The maximum Gasteiger partial charge on any atom is 0.337 e. The second-order valence-electron chi connectivity index (χ2n) is 4.03. The molecule has 0 atom stereocenters. The number of carboxylic acid groups (broad SMARTS) is 1. The summed E-state index contributed by atoms with van der Waals surface area (Å²) >= 11 is 0. The number of hydrogen-bond donors (Lipinski definition) is 3. The highest BCUT2D eigenvalue weighted by molar-refractivity contribution is 6.00. The lowest BCUT2D eigenvalue weighted by molar-refractivity contribution is -0.118. The number of phenolic OH excluding ortho intramolecular Hbond substituents is 1. The molecule has 1 aromatic heterocycles. The van der Waals surface area contributed by atoms with E-state index < -0.39 is 11.9 Å². The van der Waals surface area contributed by atoms with Gasteiger partial charge in [-0.15, -0.1) is 0 Å². The van der Waals surface area contributed by atoms with Gasteiger partial charge in [0.1, 0.15) is 0 Å². The molecule has 0 aliphatic heterocycles. The van der Waals surface area contributed by atoms with Crippen LogP contribution in [-0.2, 0) is 4.79 Å². The fraction of sp³-hybridized carbons (Fsp3) is 0.0714. The number of nitrogens with one attached hydrogen (secondary N) is 1. The fourth-order valence-corrected chi connectivity index (χ4v) is 1.59. The van der Waals surface area contributed by atoms with E-state index in [0.29, 0.717) is 0 Å². The number of anilines is 1. The van der Waals surface area contributed by atoms with Crippen molar-refractivity contribution in [3.63, 3.8) is 0 Å². The number of amides is 1. The summed E-state index contributed by atoms with van der Waals surface area (Å²) in [5, 5.41) is 20.9. The number of benzene rings is 1. The summed E-state index contributed by atoms with van der Waals surface area (Å²) in [4.78, 5) is 26.5. The quantitative estimate of drug-likeness (QED) is 0.769. The first-order valence-corrected chi connectivity index (χ1v) is 5.96. The van der Waals surface area contributed by atoms with E-state index in [1.165, 1.54) is 30.6 Å². The number of rotatable bonds is 5. The molecule has 0 radical (unpaired) electrons. The number of aromatic hydroxyl groups is 1. The Hall–Kier alpha value is -3.09. The predicted molar refractivity (Wildman–Crippen MR) is 73.4 cm³/mol. The van der Waals surface area contributed by atoms with E-state index in [4.69, 9.17) is 9.84 Å². The van der Waals surface area contributed by atoms with Crippen molar-refractivity contribution in [2.75, 3.05) is 11.9 Å². The lowest BCUT2D eigenvalue weighted by atomic mass is 10.2. The topological polar surface area (TPSA) is 109 Å². The molecular formula is C14H12N2O5. The van der Waals surface area contributed by atoms with Gasteiger partial charge in [-0.2, -0.15) is 0 Å². The molecule has 1 aromatic carbocycles. The average molecular weight is 288 g/mol. The third kappa shape index (κ3) is 3.69. The highest BCUT2D eigenvalue weighted by Gasteiger charge is 2.13. The van der Waals surface area contributed by atoms with E-state index in [-0.39, 0.29) is 29.4 Å². The molecule has 0 spiro atoms. The van der Waals surface area contributed by atoms with Crippen molar-refractivity contribution < 1.29 is 24.5 Å². The Labute approximate surface area is 119 Å². The molecule has 0 unspecified atom stereocenters. The number of carbonyl (C=O) groups excluding carboxylic acids is 1. The molecule has 0 saturated carbocycles. The summed E-state index contributed by atoms with van der Waals surface area (Å²) in [6.45, 7) is -0.370. The molecule has 7 heteroatoms. The molecule has 0 aliphatic rings. The Kier molecular flexibility index (Phi) is 4.35. The van der Waals surface area contributed by atoms with Crippen LogP contribution < -0.4 is 10.1 Å². The van der Waals surface area contributed by atoms with Crippen molar-refractivity contribution in [2.45, 2.75) is 0 Å². The number of phenols is 1. The molecular weight excluding hydrogens is 276 g/mol. The second-order valence-corrected chi connectivity index (χ2v) is 4.03. The summed E-state index contributed by atoms with van der Waals surface area (Å²) in [5.74, 6) is -1.65. The molecule has 1 amide bonds. The Morgan fingerprint density at radius 1 is 1.24 bits per heavy atom. The zero-order chi connectivity index (χ0) is 15.2. The average Bonchev–Trinajstić information content (AvgIpc) is 2.47. The van der Waals surface area contributed by atoms with Crippen LogP contribution in [0.1, 0.15) is 10.4 Å². The normalized spacial score (nSPS) is 9.90. The van der Waals surface area contributed by atoms with Crippen LogP contribution in [0.15, 0.2) is 42.7 Å². The van der Waals surface area contributed by atoms with E-state index in [1.807, 2.05) is 0 Å². The van der Waals surface area contributed by atoms with Gasteiger partial charge in [-0.3, -0.25) is 9.78 Å². The van der Waals surface area contributed by atoms with Gasteiger partial charge in [0, 0.05) is 6.20 Å². The van der Waals surface area contributed by atoms with Crippen LogP contribution in [0, 0.1) is 0 Å². The van der Waals surface area contributed by atoms with Crippen molar-refractivity contribution in [1.29, 1.82) is 0 Å². The summed E-state index contributed by atoms with van der Waals surface area (Å²) < 4.78 is 5.14. The van der Waals surface area contributed by atoms with Gasteiger partial charge in [0.15, 0.2) is 18.1 Å². The molecule has 0 aliphatic carbocycles. The van der Waals surface area contributed by atoms with Crippen molar-refractivity contribution in [1.82, 2.24) is 4.98 Å². The van der Waals surface area contributed by atoms with Crippen LogP contribution in [0.3, 0.4) is 0 Å². The Morgan fingerprint density at radius 3 is 2.71 bits per heavy atom. The molecule has 108 valence electrons. The Bertz CT molecular complexity index is 672. The number of aromatic nitrogens is 1. The van der Waals surface area contributed by atoms with Crippen molar-refractivity contribution in [3.8, 4) is 11.5 Å². The third-order valence-corrected chi connectivity index (χ3v) is 2.55. The second kappa shape index (κ2) is 6.38. The first-order chi connectivity index (χ1) is 10.1. The molecule has 2 aromatic rings. The van der Waals surface area contributed by atoms with Gasteiger partial charge in [-0.25, -0.2) is 4.79 Å². The van der Waals surface area contributed by atoms with Crippen LogP contribution in [0.4, 0.5) is 5.69 Å². The number of pyridine rings is 1. The lowest BCUT2D eigenvalue weighted by Crippen LogP contribution is -2.21. The van der Waals surface area contributed by atoms with Crippen molar-refractivity contribution in [2.24, 2.45) is 0 Å². The summed E-state index contributed by atoms with van der Waals surface area (Å²) in [6, 6.07) is 7.49. The smallest absolute Gasteiger partial charge is 0.337 e. The highest BCUT2D eigenvalue weighted by Crippen LogP contribution is 2.24. The molecule has 21 heavy (non-hydrogen) atoms. The molecule has 0 saturated heterocycles. The van der Waals surface area contributed by atoms with Gasteiger partial charge in [-0.05, 0) is 18.2 Å². The first-order valence-electron chi connectivity index (χ1n) is 5.96. The largest absolute Gasteiger partial charge is 0.504 e. The van der Waals surface area contributed by atoms with E-state index in [1.54, 1.807) is 12.1 Å². The number of para-hydroxylation sites is 2. The number of carboxylic acids is 1. The number of carbonyl (C=O) groups is 2. The Morgan fingerprint density at radius 2 is 2.00 bits per heavy atom. The van der Waals surface area contributed by atoms with Crippen molar-refractivity contribution >= 4 is 17.6 Å². The minimum Gasteiger partial charge on any atom is -0.504 e. The first kappa shape index (κ1) is 14.3. The zero-order valence-electron chi connectivity index (χ0n) is 10.8. The summed E-state index contributed by atoms with van der Waals surface area (Å²) in [5.41, 5.74) is 0.0109. The minimum absolute atomic E-state index is 0.0686. The number of hydrogen-bond acceptors (Lipinski definition) is 5. The standard InChI is InChI=1S/C14H12N2O5/c17-11-3-1-2-4-12(11)21-8-13(18)16-10-7-15-6-5-9(10)14(19)20/h1-7,17H,8H2,(H,16,18)(H,19,20). The SMILES string of the molecule is O=C(COc1ccccc1O)Nc1cnccc1C(=O)O. The van der Waals surface area contributed by atoms with Crippen LogP contribution in [0.2, 0.25) is 0 Å². The van der Waals surface area contributed by atoms with E-state index in [9.17, 15) is 14.7 Å². The third-order valence-electron chi connectivity index (χ3n) is 2.55. The van der Waals surface area contributed by atoms with Crippen LogP contribution in [0.5, 0.6) is 11.5 Å². The number of nitrogens with zero attached hydrogens (tertiary/aromatic N) is 1. The van der Waals surface area contributed by atoms with Gasteiger partial charge in [0.2, 0.25) is 0 Å². The number of aromatic carboxylic acids is 1. The molecule has 0 fully saturated rings. The maximum absolute atomic E-state index is 11.7. The summed E-state index contributed by atoms with van der Waals surface area (Å²) in [7, 11) is 0. The zero-order valence-corrected chi connectivity index (χ0v) is 10.8. The van der Waals surface area contributed by atoms with Gasteiger partial charge in [0.25, 0.3) is 5.91 Å². The summed E-state index contributed by atoms with van der Waals surface area (Å²) in [6.07, 6.45) is 2.55. The monoisotopic (exact) mass is 288 g/mol. The van der Waals surface area contributed by atoms with E-state index in [2.05, 4.69) is 10.3 Å². The van der Waals surface area contributed by atoms with Gasteiger partial charge >= 0.3 is 5.97 Å². The molecule has 1 heterocycles. The molecule has 3 N–H and O–H groups in total. The maximum atomic E-state index is 11.7. The molecule has 7 nitrogen and oxygen atoms in total. The van der Waals surface area contributed by atoms with Crippen LogP contribution >= 0.6 is 0 Å². The van der Waals surface area contributed by atoms with Gasteiger partial charge in [0.05, 0.1) is 17.4 Å². The Balaban J connectivity index is 2.00. The highest BCUT2D eigenvalue weighted by atomic mass is 16.5. The van der Waals surface area contributed by atoms with Gasteiger partial charge in [-0.1, -0.05) is 12.1 Å². The van der Waals surface area contributed by atoms with Crippen LogP contribution in [0.25, 0.3) is 0 Å². The number of ether oxygens (including phenoxy) is 1. The van der Waals surface area contributed by atoms with Crippen LogP contribution in [-0.4, -0.2) is 33.7 Å². The van der Waals surface area contributed by atoms with Crippen molar-refractivity contribution in [3.05, 3.63) is 48.3 Å². The predicted octanol–water partition coefficient (Wildman–Crippen LogP) is 1.50. The molecule has 0 bridgehead atoms. The fourth-order valence-electron chi connectivity index (χ4n) is 1.59. The molecule has 2 rings (SSSR count).